The van der Waals surface area contributed by atoms with E-state index >= 15 is 0 Å². The SMILES string of the molecule is O=C(NCc1ccccc1F)C(=O)NC1CCS(=O)(=O)C1. The van der Waals surface area contributed by atoms with Crippen LogP contribution in [0.15, 0.2) is 24.3 Å². The van der Waals surface area contributed by atoms with Crippen LogP contribution in [0.2, 0.25) is 0 Å². The van der Waals surface area contributed by atoms with Crippen molar-refractivity contribution in [1.82, 2.24) is 10.6 Å². The topological polar surface area (TPSA) is 92.3 Å². The number of halogens is 1. The molecule has 21 heavy (non-hydrogen) atoms. The fraction of sp³-hybridized carbons (Fsp3) is 0.385. The molecule has 8 heteroatoms. The quantitative estimate of drug-likeness (QED) is 0.752. The molecular formula is C13H15FN2O4S. The molecule has 2 rings (SSSR count). The first-order chi connectivity index (χ1) is 9.87. The summed E-state index contributed by atoms with van der Waals surface area (Å²) >= 11 is 0. The van der Waals surface area contributed by atoms with E-state index in [-0.39, 0.29) is 23.6 Å². The van der Waals surface area contributed by atoms with E-state index < -0.39 is 33.5 Å². The Labute approximate surface area is 121 Å². The number of nitrogens with one attached hydrogen (secondary N) is 2. The van der Waals surface area contributed by atoms with Crippen LogP contribution in [0.4, 0.5) is 4.39 Å². The Bertz CT molecular complexity index is 660. The van der Waals surface area contributed by atoms with Gasteiger partial charge in [-0.15, -0.1) is 0 Å². The van der Waals surface area contributed by atoms with Gasteiger partial charge in [0.05, 0.1) is 11.5 Å². The van der Waals surface area contributed by atoms with E-state index in [0.717, 1.165) is 0 Å². The first-order valence-electron chi connectivity index (χ1n) is 6.40. The highest BCUT2D eigenvalue weighted by Gasteiger charge is 2.30. The van der Waals surface area contributed by atoms with E-state index in [9.17, 15) is 22.4 Å². The molecule has 0 bridgehead atoms. The Kier molecular flexibility index (Phi) is 4.56. The molecule has 2 amide bonds. The van der Waals surface area contributed by atoms with Crippen molar-refractivity contribution < 1.29 is 22.4 Å². The summed E-state index contributed by atoms with van der Waals surface area (Å²) in [6.07, 6.45) is 0.300. The van der Waals surface area contributed by atoms with Crippen molar-refractivity contribution in [1.29, 1.82) is 0 Å². The standard InChI is InChI=1S/C13H15FN2O4S/c14-11-4-2-1-3-9(11)7-15-12(17)13(18)16-10-5-6-21(19,20)8-10/h1-4,10H,5-8H2,(H,15,17)(H,16,18). The molecule has 1 atom stereocenters. The van der Waals surface area contributed by atoms with Gasteiger partial charge < -0.3 is 10.6 Å². The third kappa shape index (κ3) is 4.25. The number of carbonyl (C=O) groups excluding carboxylic acids is 2. The molecule has 0 aromatic heterocycles. The van der Waals surface area contributed by atoms with Crippen LogP contribution in [0.25, 0.3) is 0 Å². The second-order valence-corrected chi connectivity index (χ2v) is 7.08. The molecular weight excluding hydrogens is 299 g/mol. The average Bonchev–Trinajstić information content (AvgIpc) is 2.76. The van der Waals surface area contributed by atoms with Crippen LogP contribution in [-0.2, 0) is 26.0 Å². The summed E-state index contributed by atoms with van der Waals surface area (Å²) < 4.78 is 35.8. The van der Waals surface area contributed by atoms with Crippen LogP contribution in [0.1, 0.15) is 12.0 Å². The largest absolute Gasteiger partial charge is 0.344 e. The molecule has 1 aromatic rings. The van der Waals surface area contributed by atoms with Gasteiger partial charge in [0.25, 0.3) is 0 Å². The third-order valence-electron chi connectivity index (χ3n) is 3.17. The highest BCUT2D eigenvalue weighted by atomic mass is 32.2. The van der Waals surface area contributed by atoms with E-state index in [1.54, 1.807) is 6.07 Å². The van der Waals surface area contributed by atoms with E-state index in [1.165, 1.54) is 18.2 Å². The van der Waals surface area contributed by atoms with Crippen LogP contribution >= 0.6 is 0 Å². The summed E-state index contributed by atoms with van der Waals surface area (Å²) in [5, 5.41) is 4.66. The molecule has 0 spiro atoms. The molecule has 1 heterocycles. The van der Waals surface area contributed by atoms with Crippen molar-refractivity contribution >= 4 is 21.7 Å². The van der Waals surface area contributed by atoms with Crippen LogP contribution in [0.3, 0.4) is 0 Å². The summed E-state index contributed by atoms with van der Waals surface area (Å²) in [5.74, 6) is -2.44. The molecule has 1 aliphatic rings. The summed E-state index contributed by atoms with van der Waals surface area (Å²) in [4.78, 5) is 23.2. The van der Waals surface area contributed by atoms with Crippen LogP contribution in [0, 0.1) is 5.82 Å². The second kappa shape index (κ2) is 6.21. The number of hydrogen-bond donors (Lipinski definition) is 2. The minimum Gasteiger partial charge on any atom is -0.344 e. The fourth-order valence-corrected chi connectivity index (χ4v) is 3.73. The minimum absolute atomic E-state index is 0.00872. The van der Waals surface area contributed by atoms with Crippen molar-refractivity contribution in [2.75, 3.05) is 11.5 Å². The van der Waals surface area contributed by atoms with Gasteiger partial charge in [0.15, 0.2) is 9.84 Å². The van der Waals surface area contributed by atoms with Crippen LogP contribution in [0.5, 0.6) is 0 Å². The molecule has 6 nitrogen and oxygen atoms in total. The lowest BCUT2D eigenvalue weighted by molar-refractivity contribution is -0.139. The molecule has 1 unspecified atom stereocenters. The van der Waals surface area contributed by atoms with Crippen LogP contribution in [-0.4, -0.2) is 37.8 Å². The second-order valence-electron chi connectivity index (χ2n) is 4.85. The van der Waals surface area contributed by atoms with Gasteiger partial charge in [0.1, 0.15) is 5.82 Å². The predicted molar refractivity (Wildman–Crippen MR) is 73.4 cm³/mol. The van der Waals surface area contributed by atoms with Crippen molar-refractivity contribution in [2.45, 2.75) is 19.0 Å². The summed E-state index contributed by atoms with van der Waals surface area (Å²) in [5.41, 5.74) is 0.266. The molecule has 1 aliphatic heterocycles. The lowest BCUT2D eigenvalue weighted by Gasteiger charge is -2.11. The van der Waals surface area contributed by atoms with Gasteiger partial charge in [-0.3, -0.25) is 9.59 Å². The van der Waals surface area contributed by atoms with Gasteiger partial charge in [-0.1, -0.05) is 18.2 Å². The number of rotatable bonds is 3. The lowest BCUT2D eigenvalue weighted by Crippen LogP contribution is -2.44. The molecule has 0 aliphatic carbocycles. The molecule has 114 valence electrons. The Morgan fingerprint density at radius 3 is 2.57 bits per heavy atom. The molecule has 0 radical (unpaired) electrons. The highest BCUT2D eigenvalue weighted by Crippen LogP contribution is 2.11. The van der Waals surface area contributed by atoms with Gasteiger partial charge >= 0.3 is 11.8 Å². The van der Waals surface area contributed by atoms with Crippen molar-refractivity contribution in [3.8, 4) is 0 Å². The summed E-state index contributed by atoms with van der Waals surface area (Å²) in [7, 11) is -3.12. The van der Waals surface area contributed by atoms with E-state index in [0.29, 0.717) is 6.42 Å². The van der Waals surface area contributed by atoms with Crippen molar-refractivity contribution in [3.63, 3.8) is 0 Å². The zero-order valence-electron chi connectivity index (χ0n) is 11.1. The molecule has 1 fully saturated rings. The molecule has 0 saturated carbocycles. The maximum atomic E-state index is 13.3. The van der Waals surface area contributed by atoms with E-state index in [2.05, 4.69) is 10.6 Å². The third-order valence-corrected chi connectivity index (χ3v) is 4.94. The molecule has 2 N–H and O–H groups in total. The Hall–Kier alpha value is -1.96. The number of hydrogen-bond acceptors (Lipinski definition) is 4. The normalized spacial score (nSPS) is 20.0. The Balaban J connectivity index is 1.83. The summed E-state index contributed by atoms with van der Waals surface area (Å²) in [6, 6.07) is 5.35. The molecule has 1 saturated heterocycles. The zero-order valence-corrected chi connectivity index (χ0v) is 12.0. The van der Waals surface area contributed by atoms with Crippen molar-refractivity contribution in [3.05, 3.63) is 35.6 Å². The number of sulfone groups is 1. The maximum absolute atomic E-state index is 13.3. The first-order valence-corrected chi connectivity index (χ1v) is 8.22. The van der Waals surface area contributed by atoms with Crippen LogP contribution < -0.4 is 10.6 Å². The minimum atomic E-state index is -3.12. The number of carbonyl (C=O) groups is 2. The molecule has 1 aromatic carbocycles. The monoisotopic (exact) mass is 314 g/mol. The van der Waals surface area contributed by atoms with Gasteiger partial charge in [0.2, 0.25) is 0 Å². The van der Waals surface area contributed by atoms with Gasteiger partial charge in [-0.05, 0) is 12.5 Å². The Morgan fingerprint density at radius 2 is 1.95 bits per heavy atom. The average molecular weight is 314 g/mol. The van der Waals surface area contributed by atoms with E-state index in [4.69, 9.17) is 0 Å². The smallest absolute Gasteiger partial charge is 0.309 e. The van der Waals surface area contributed by atoms with E-state index in [1.807, 2.05) is 0 Å². The zero-order chi connectivity index (χ0) is 15.5. The number of benzene rings is 1. The Morgan fingerprint density at radius 1 is 1.24 bits per heavy atom. The van der Waals surface area contributed by atoms with Gasteiger partial charge in [-0.2, -0.15) is 0 Å². The maximum Gasteiger partial charge on any atom is 0.309 e. The summed E-state index contributed by atoms with van der Waals surface area (Å²) in [6.45, 7) is -0.109. The highest BCUT2D eigenvalue weighted by molar-refractivity contribution is 7.91. The number of amides is 2. The van der Waals surface area contributed by atoms with Crippen molar-refractivity contribution in [2.24, 2.45) is 0 Å². The first kappa shape index (κ1) is 15.4. The van der Waals surface area contributed by atoms with Gasteiger partial charge in [0, 0.05) is 18.2 Å². The van der Waals surface area contributed by atoms with Gasteiger partial charge in [-0.25, -0.2) is 12.8 Å². The lowest BCUT2D eigenvalue weighted by atomic mass is 10.2. The fourth-order valence-electron chi connectivity index (χ4n) is 2.06. The predicted octanol–water partition coefficient (Wildman–Crippen LogP) is -0.255.